The van der Waals surface area contributed by atoms with E-state index in [1.165, 1.54) is 0 Å². The number of carbonyl (C=O) groups excluding carboxylic acids is 1. The molecule has 2 aromatic rings. The molecule has 0 saturated carbocycles. The molecule has 1 aliphatic rings. The molecule has 3 rings (SSSR count). The highest BCUT2D eigenvalue weighted by Gasteiger charge is 2.18. The standard InChI is InChI=1S/C20H26N4O3/c1-3-14(2)27-16-8-6-15(7-9-16)19-21-20(26)17(22-23-19)10-11-18(25)24-12-4-5-13-24/h6-9,14H,3-5,10-13H2,1-2H3,(H,21,23,26)/t14-/m0/s1. The van der Waals surface area contributed by atoms with Crippen LogP contribution in [0.4, 0.5) is 0 Å². The fourth-order valence-electron chi connectivity index (χ4n) is 3.01. The second-order valence-electron chi connectivity index (χ2n) is 6.90. The average Bonchev–Trinajstić information content (AvgIpc) is 3.22. The molecule has 1 aromatic heterocycles. The number of ether oxygens (including phenoxy) is 1. The van der Waals surface area contributed by atoms with E-state index in [1.807, 2.05) is 36.1 Å². The molecule has 1 aliphatic heterocycles. The third-order valence-electron chi connectivity index (χ3n) is 4.84. The van der Waals surface area contributed by atoms with Crippen molar-refractivity contribution in [1.29, 1.82) is 0 Å². The Kier molecular flexibility index (Phi) is 6.21. The zero-order valence-corrected chi connectivity index (χ0v) is 15.9. The summed E-state index contributed by atoms with van der Waals surface area (Å²) < 4.78 is 5.75. The summed E-state index contributed by atoms with van der Waals surface area (Å²) in [5, 5.41) is 8.16. The monoisotopic (exact) mass is 370 g/mol. The molecule has 0 unspecified atom stereocenters. The Balaban J connectivity index is 1.63. The largest absolute Gasteiger partial charge is 0.491 e. The fraction of sp³-hybridized carbons (Fsp3) is 0.500. The molecule has 1 amide bonds. The molecule has 1 N–H and O–H groups in total. The lowest BCUT2D eigenvalue weighted by molar-refractivity contribution is -0.130. The third kappa shape index (κ3) is 4.93. The van der Waals surface area contributed by atoms with Gasteiger partial charge in [0.05, 0.1) is 6.10 Å². The molecular formula is C20H26N4O3. The zero-order chi connectivity index (χ0) is 19.2. The van der Waals surface area contributed by atoms with Gasteiger partial charge in [-0.15, -0.1) is 10.2 Å². The summed E-state index contributed by atoms with van der Waals surface area (Å²) in [6, 6.07) is 7.39. The van der Waals surface area contributed by atoms with E-state index < -0.39 is 0 Å². The maximum atomic E-state index is 12.3. The summed E-state index contributed by atoms with van der Waals surface area (Å²) >= 11 is 0. The number of hydrogen-bond acceptors (Lipinski definition) is 5. The predicted molar refractivity (Wildman–Crippen MR) is 103 cm³/mol. The van der Waals surface area contributed by atoms with E-state index >= 15 is 0 Å². The molecular weight excluding hydrogens is 344 g/mol. The number of nitrogens with zero attached hydrogens (tertiary/aromatic N) is 3. The van der Waals surface area contributed by atoms with Crippen molar-refractivity contribution < 1.29 is 9.53 Å². The van der Waals surface area contributed by atoms with Crippen molar-refractivity contribution in [3.63, 3.8) is 0 Å². The first kappa shape index (κ1) is 19.1. The predicted octanol–water partition coefficient (Wildman–Crippen LogP) is 2.56. The minimum atomic E-state index is -0.297. The van der Waals surface area contributed by atoms with Gasteiger partial charge in [0.15, 0.2) is 5.82 Å². The lowest BCUT2D eigenvalue weighted by atomic mass is 10.2. The first-order valence-electron chi connectivity index (χ1n) is 9.57. The van der Waals surface area contributed by atoms with Crippen LogP contribution in [-0.2, 0) is 11.2 Å². The van der Waals surface area contributed by atoms with Crippen molar-refractivity contribution >= 4 is 5.91 Å². The minimum absolute atomic E-state index is 0.0784. The highest BCUT2D eigenvalue weighted by atomic mass is 16.5. The van der Waals surface area contributed by atoms with Gasteiger partial charge in [-0.25, -0.2) is 0 Å². The highest BCUT2D eigenvalue weighted by Crippen LogP contribution is 2.19. The van der Waals surface area contributed by atoms with Crippen LogP contribution in [0.2, 0.25) is 0 Å². The number of aryl methyl sites for hydroxylation is 1. The Morgan fingerprint density at radius 1 is 1.22 bits per heavy atom. The Hall–Kier alpha value is -2.70. The maximum absolute atomic E-state index is 12.3. The van der Waals surface area contributed by atoms with Crippen molar-refractivity contribution in [2.45, 2.75) is 52.1 Å². The van der Waals surface area contributed by atoms with E-state index in [1.54, 1.807) is 0 Å². The molecule has 0 bridgehead atoms. The molecule has 2 heterocycles. The molecule has 1 atom stereocenters. The molecule has 0 aliphatic carbocycles. The zero-order valence-electron chi connectivity index (χ0n) is 15.9. The molecule has 7 heteroatoms. The van der Waals surface area contributed by atoms with Crippen molar-refractivity contribution in [2.24, 2.45) is 0 Å². The second-order valence-corrected chi connectivity index (χ2v) is 6.90. The maximum Gasteiger partial charge on any atom is 0.273 e. The Morgan fingerprint density at radius 3 is 2.56 bits per heavy atom. The van der Waals surface area contributed by atoms with Gasteiger partial charge in [0.25, 0.3) is 5.56 Å². The quantitative estimate of drug-likeness (QED) is 0.809. The highest BCUT2D eigenvalue weighted by molar-refractivity contribution is 5.76. The van der Waals surface area contributed by atoms with E-state index in [0.29, 0.717) is 24.4 Å². The van der Waals surface area contributed by atoms with Crippen molar-refractivity contribution in [1.82, 2.24) is 20.1 Å². The van der Waals surface area contributed by atoms with Gasteiger partial charge in [0.2, 0.25) is 5.91 Å². The number of likely N-dealkylation sites (tertiary alicyclic amines) is 1. The van der Waals surface area contributed by atoms with Crippen LogP contribution in [0.3, 0.4) is 0 Å². The topological polar surface area (TPSA) is 88.2 Å². The third-order valence-corrected chi connectivity index (χ3v) is 4.84. The number of aromatic nitrogens is 3. The van der Waals surface area contributed by atoms with Crippen LogP contribution in [0.1, 0.15) is 45.2 Å². The van der Waals surface area contributed by atoms with Crippen molar-refractivity contribution in [2.75, 3.05) is 13.1 Å². The van der Waals surface area contributed by atoms with Crippen LogP contribution in [-0.4, -0.2) is 45.2 Å². The average molecular weight is 370 g/mol. The van der Waals surface area contributed by atoms with Gasteiger partial charge in [-0.2, -0.15) is 0 Å². The molecule has 1 saturated heterocycles. The number of rotatable bonds is 7. The Morgan fingerprint density at radius 2 is 1.93 bits per heavy atom. The molecule has 1 aromatic carbocycles. The smallest absolute Gasteiger partial charge is 0.273 e. The number of benzene rings is 1. The number of H-pyrrole nitrogens is 1. The Labute approximate surface area is 158 Å². The summed E-state index contributed by atoms with van der Waals surface area (Å²) in [7, 11) is 0. The van der Waals surface area contributed by atoms with Gasteiger partial charge >= 0.3 is 0 Å². The first-order chi connectivity index (χ1) is 13.1. The van der Waals surface area contributed by atoms with Crippen molar-refractivity contribution in [3.05, 3.63) is 40.3 Å². The van der Waals surface area contributed by atoms with Gasteiger partial charge in [-0.3, -0.25) is 9.59 Å². The number of nitrogens with one attached hydrogen (secondary N) is 1. The van der Waals surface area contributed by atoms with Gasteiger partial charge in [0, 0.05) is 31.5 Å². The van der Waals surface area contributed by atoms with Gasteiger partial charge < -0.3 is 14.6 Å². The normalized spacial score (nSPS) is 15.0. The van der Waals surface area contributed by atoms with Crippen LogP contribution >= 0.6 is 0 Å². The van der Waals surface area contributed by atoms with Gasteiger partial charge in [-0.1, -0.05) is 6.92 Å². The lowest BCUT2D eigenvalue weighted by Crippen LogP contribution is -2.28. The number of amides is 1. The number of aromatic amines is 1. The molecule has 7 nitrogen and oxygen atoms in total. The summed E-state index contributed by atoms with van der Waals surface area (Å²) in [5.74, 6) is 1.26. The summed E-state index contributed by atoms with van der Waals surface area (Å²) in [6.07, 6.45) is 3.79. The molecule has 0 spiro atoms. The van der Waals surface area contributed by atoms with Gasteiger partial charge in [0.1, 0.15) is 11.4 Å². The van der Waals surface area contributed by atoms with E-state index in [-0.39, 0.29) is 17.6 Å². The fourth-order valence-corrected chi connectivity index (χ4v) is 3.01. The van der Waals surface area contributed by atoms with Crippen molar-refractivity contribution in [3.8, 4) is 17.1 Å². The molecule has 27 heavy (non-hydrogen) atoms. The number of carbonyl (C=O) groups is 1. The second kappa shape index (κ2) is 8.79. The Bertz CT molecular complexity index is 826. The molecule has 0 radical (unpaired) electrons. The SMILES string of the molecule is CC[C@H](C)Oc1ccc(-c2nnc(CCC(=O)N3CCCC3)c(=O)[nH]2)cc1. The van der Waals surface area contributed by atoms with E-state index in [0.717, 1.165) is 43.7 Å². The van der Waals surface area contributed by atoms with Crippen LogP contribution in [0.25, 0.3) is 11.4 Å². The van der Waals surface area contributed by atoms with Crippen LogP contribution in [0, 0.1) is 0 Å². The van der Waals surface area contributed by atoms with E-state index in [9.17, 15) is 9.59 Å². The summed E-state index contributed by atoms with van der Waals surface area (Å²) in [5.41, 5.74) is 0.757. The summed E-state index contributed by atoms with van der Waals surface area (Å²) in [6.45, 7) is 5.72. The van der Waals surface area contributed by atoms with Crippen LogP contribution < -0.4 is 10.3 Å². The van der Waals surface area contributed by atoms with Crippen LogP contribution in [0.15, 0.2) is 29.1 Å². The first-order valence-corrected chi connectivity index (χ1v) is 9.57. The number of hydrogen-bond donors (Lipinski definition) is 1. The molecule has 144 valence electrons. The summed E-state index contributed by atoms with van der Waals surface area (Å²) in [4.78, 5) is 29.0. The van der Waals surface area contributed by atoms with E-state index in [4.69, 9.17) is 4.74 Å². The van der Waals surface area contributed by atoms with E-state index in [2.05, 4.69) is 22.1 Å². The minimum Gasteiger partial charge on any atom is -0.491 e. The van der Waals surface area contributed by atoms with Crippen LogP contribution in [0.5, 0.6) is 5.75 Å². The van der Waals surface area contributed by atoms with Gasteiger partial charge in [-0.05, 0) is 50.5 Å². The molecule has 1 fully saturated rings. The lowest BCUT2D eigenvalue weighted by Gasteiger charge is -2.14.